The number of halogens is 1. The molecule has 0 saturated carbocycles. The molecule has 1 aromatic carbocycles. The molecule has 0 saturated heterocycles. The van der Waals surface area contributed by atoms with Crippen LogP contribution in [0.3, 0.4) is 0 Å². The van der Waals surface area contributed by atoms with Crippen LogP contribution in [0.15, 0.2) is 28.7 Å². The molecule has 0 bridgehead atoms. The third-order valence-electron chi connectivity index (χ3n) is 2.50. The molecule has 1 amide bonds. The fourth-order valence-corrected chi connectivity index (χ4v) is 2.86. The second-order valence-electron chi connectivity index (χ2n) is 5.74. The molecule has 124 valence electrons. The van der Waals surface area contributed by atoms with Gasteiger partial charge >= 0.3 is 6.09 Å². The summed E-state index contributed by atoms with van der Waals surface area (Å²) in [6.07, 6.45) is 0.555. The Morgan fingerprint density at radius 2 is 1.82 bits per heavy atom. The minimum atomic E-state index is -3.44. The normalized spacial score (nSPS) is 11.9. The number of rotatable bonds is 5. The molecular weight excluding hydrogens is 372 g/mol. The van der Waals surface area contributed by atoms with Crippen LogP contribution in [0, 0.1) is 0 Å². The summed E-state index contributed by atoms with van der Waals surface area (Å²) >= 11 is 3.30. The van der Waals surface area contributed by atoms with Gasteiger partial charge in [-0.25, -0.2) is 13.2 Å². The topological polar surface area (TPSA) is 75.7 Å². The van der Waals surface area contributed by atoms with Crippen molar-refractivity contribution in [3.63, 3.8) is 0 Å². The summed E-state index contributed by atoms with van der Waals surface area (Å²) in [6, 6.07) is 6.90. The highest BCUT2D eigenvalue weighted by molar-refractivity contribution is 9.10. The molecule has 0 unspecified atom stereocenters. The van der Waals surface area contributed by atoms with Crippen molar-refractivity contribution >= 4 is 37.7 Å². The Morgan fingerprint density at radius 1 is 1.27 bits per heavy atom. The average Bonchev–Trinajstić information content (AvgIpc) is 2.32. The molecule has 0 aliphatic heterocycles. The van der Waals surface area contributed by atoms with Gasteiger partial charge in [0.05, 0.1) is 18.5 Å². The number of nitrogens with zero attached hydrogens (tertiary/aromatic N) is 1. The van der Waals surface area contributed by atoms with Gasteiger partial charge in [-0.1, -0.05) is 15.9 Å². The Bertz CT molecular complexity index is 609. The van der Waals surface area contributed by atoms with Crippen LogP contribution in [0.1, 0.15) is 20.8 Å². The smallest absolute Gasteiger partial charge is 0.407 e. The first-order valence-electron chi connectivity index (χ1n) is 6.69. The highest BCUT2D eigenvalue weighted by atomic mass is 79.9. The number of amides is 1. The molecule has 0 spiro atoms. The zero-order valence-corrected chi connectivity index (χ0v) is 15.5. The number of anilines is 1. The van der Waals surface area contributed by atoms with E-state index in [0.717, 1.165) is 10.7 Å². The van der Waals surface area contributed by atoms with E-state index in [1.165, 1.54) is 4.31 Å². The third-order valence-corrected chi connectivity index (χ3v) is 4.22. The molecule has 1 N–H and O–H groups in total. The summed E-state index contributed by atoms with van der Waals surface area (Å²) in [5.74, 6) is 0. The molecule has 8 heteroatoms. The van der Waals surface area contributed by atoms with Crippen LogP contribution in [-0.4, -0.2) is 39.5 Å². The van der Waals surface area contributed by atoms with E-state index in [4.69, 9.17) is 4.74 Å². The monoisotopic (exact) mass is 392 g/mol. The van der Waals surface area contributed by atoms with Crippen LogP contribution < -0.4 is 9.62 Å². The molecule has 6 nitrogen and oxygen atoms in total. The van der Waals surface area contributed by atoms with E-state index in [1.54, 1.807) is 45.0 Å². The predicted molar refractivity (Wildman–Crippen MR) is 90.6 cm³/mol. The largest absolute Gasteiger partial charge is 0.444 e. The molecule has 0 atom stereocenters. The molecule has 0 radical (unpaired) electrons. The second-order valence-corrected chi connectivity index (χ2v) is 8.56. The molecule has 0 fully saturated rings. The lowest BCUT2D eigenvalue weighted by molar-refractivity contribution is 0.0529. The average molecular weight is 393 g/mol. The lowest BCUT2D eigenvalue weighted by atomic mass is 10.2. The molecule has 22 heavy (non-hydrogen) atoms. The zero-order valence-electron chi connectivity index (χ0n) is 13.1. The molecule has 0 heterocycles. The van der Waals surface area contributed by atoms with E-state index in [9.17, 15) is 13.2 Å². The van der Waals surface area contributed by atoms with Crippen molar-refractivity contribution in [2.45, 2.75) is 26.4 Å². The predicted octanol–water partition coefficient (Wildman–Crippen LogP) is 2.74. The number of nitrogens with one attached hydrogen (secondary N) is 1. The van der Waals surface area contributed by atoms with E-state index in [0.29, 0.717) is 5.69 Å². The van der Waals surface area contributed by atoms with Gasteiger partial charge in [-0.05, 0) is 45.0 Å². The van der Waals surface area contributed by atoms with Gasteiger partial charge in [0.1, 0.15) is 5.60 Å². The van der Waals surface area contributed by atoms with Gasteiger partial charge in [-0.3, -0.25) is 4.31 Å². The summed E-state index contributed by atoms with van der Waals surface area (Å²) in [5.41, 5.74) is -0.0524. The minimum Gasteiger partial charge on any atom is -0.444 e. The summed E-state index contributed by atoms with van der Waals surface area (Å²) in [4.78, 5) is 11.6. The van der Waals surface area contributed by atoms with Crippen LogP contribution in [0.2, 0.25) is 0 Å². The van der Waals surface area contributed by atoms with Gasteiger partial charge in [-0.2, -0.15) is 0 Å². The van der Waals surface area contributed by atoms with Gasteiger partial charge in [0.15, 0.2) is 0 Å². The Hall–Kier alpha value is -1.28. The maximum Gasteiger partial charge on any atom is 0.407 e. The Kier molecular flexibility index (Phi) is 6.25. The Balaban J connectivity index is 2.69. The van der Waals surface area contributed by atoms with Gasteiger partial charge in [0.2, 0.25) is 10.0 Å². The highest BCUT2D eigenvalue weighted by Crippen LogP contribution is 2.20. The maximum atomic E-state index is 11.9. The quantitative estimate of drug-likeness (QED) is 0.835. The van der Waals surface area contributed by atoms with Crippen molar-refractivity contribution in [1.29, 1.82) is 0 Å². The van der Waals surface area contributed by atoms with E-state index < -0.39 is 21.7 Å². The van der Waals surface area contributed by atoms with E-state index >= 15 is 0 Å². The number of hydrogen-bond acceptors (Lipinski definition) is 4. The Labute approximate surface area is 140 Å². The lowest BCUT2D eigenvalue weighted by Crippen LogP contribution is -2.40. The van der Waals surface area contributed by atoms with Crippen LogP contribution in [0.4, 0.5) is 10.5 Å². The molecule has 1 aromatic rings. The van der Waals surface area contributed by atoms with E-state index in [1.807, 2.05) is 0 Å². The summed E-state index contributed by atoms with van der Waals surface area (Å²) in [5, 5.41) is 2.55. The first-order valence-corrected chi connectivity index (χ1v) is 9.33. The maximum absolute atomic E-state index is 11.9. The van der Waals surface area contributed by atoms with Crippen molar-refractivity contribution in [3.05, 3.63) is 28.7 Å². The molecular formula is C14H21BrN2O4S. The van der Waals surface area contributed by atoms with E-state index in [2.05, 4.69) is 21.2 Å². The number of benzene rings is 1. The number of hydrogen-bond donors (Lipinski definition) is 1. The van der Waals surface area contributed by atoms with Crippen LogP contribution in [0.5, 0.6) is 0 Å². The van der Waals surface area contributed by atoms with E-state index in [-0.39, 0.29) is 13.1 Å². The van der Waals surface area contributed by atoms with Crippen LogP contribution in [-0.2, 0) is 14.8 Å². The standard InChI is InChI=1S/C14H21BrN2O4S/c1-14(2,3)21-13(18)16-9-10-17(22(4,19)20)12-7-5-11(15)6-8-12/h5-8H,9-10H2,1-4H3,(H,16,18). The third kappa shape index (κ3) is 6.65. The molecule has 0 aliphatic rings. The molecule has 1 rings (SSSR count). The summed E-state index contributed by atoms with van der Waals surface area (Å²) in [7, 11) is -3.44. The minimum absolute atomic E-state index is 0.125. The summed E-state index contributed by atoms with van der Waals surface area (Å²) < 4.78 is 31.0. The first-order chi connectivity index (χ1) is 9.99. The van der Waals surface area contributed by atoms with Crippen molar-refractivity contribution in [2.75, 3.05) is 23.7 Å². The van der Waals surface area contributed by atoms with Crippen molar-refractivity contribution < 1.29 is 17.9 Å². The van der Waals surface area contributed by atoms with Crippen molar-refractivity contribution in [2.24, 2.45) is 0 Å². The van der Waals surface area contributed by atoms with Crippen LogP contribution in [0.25, 0.3) is 0 Å². The van der Waals surface area contributed by atoms with Gasteiger partial charge in [0.25, 0.3) is 0 Å². The highest BCUT2D eigenvalue weighted by Gasteiger charge is 2.19. The zero-order chi connectivity index (χ0) is 17.0. The van der Waals surface area contributed by atoms with Gasteiger partial charge < -0.3 is 10.1 Å². The number of carbonyl (C=O) groups is 1. The van der Waals surface area contributed by atoms with Gasteiger partial charge in [-0.15, -0.1) is 0 Å². The van der Waals surface area contributed by atoms with Gasteiger partial charge in [0, 0.05) is 11.0 Å². The van der Waals surface area contributed by atoms with Crippen molar-refractivity contribution in [3.8, 4) is 0 Å². The van der Waals surface area contributed by atoms with Crippen LogP contribution >= 0.6 is 15.9 Å². The number of sulfonamides is 1. The fourth-order valence-electron chi connectivity index (χ4n) is 1.67. The molecule has 0 aliphatic carbocycles. The number of ether oxygens (including phenoxy) is 1. The van der Waals surface area contributed by atoms with Crippen molar-refractivity contribution in [1.82, 2.24) is 5.32 Å². The SMILES string of the molecule is CC(C)(C)OC(=O)NCCN(c1ccc(Br)cc1)S(C)(=O)=O. The number of alkyl carbamates (subject to hydrolysis) is 1. The number of carbonyl (C=O) groups excluding carboxylic acids is 1. The lowest BCUT2D eigenvalue weighted by Gasteiger charge is -2.24. The first kappa shape index (κ1) is 18.8. The Morgan fingerprint density at radius 3 is 2.27 bits per heavy atom. The second kappa shape index (κ2) is 7.32. The summed E-state index contributed by atoms with van der Waals surface area (Å²) in [6.45, 7) is 5.56. The molecule has 0 aromatic heterocycles. The fraction of sp³-hybridized carbons (Fsp3) is 0.500.